The summed E-state index contributed by atoms with van der Waals surface area (Å²) in [6.07, 6.45) is 1.32. The van der Waals surface area contributed by atoms with Crippen LogP contribution in [0.25, 0.3) is 0 Å². The zero-order valence-electron chi connectivity index (χ0n) is 9.31. The van der Waals surface area contributed by atoms with E-state index < -0.39 is 17.9 Å². The van der Waals surface area contributed by atoms with Crippen molar-refractivity contribution in [3.05, 3.63) is 40.4 Å². The molecule has 19 heavy (non-hydrogen) atoms. The van der Waals surface area contributed by atoms with Crippen LogP contribution in [0.4, 0.5) is 10.5 Å². The van der Waals surface area contributed by atoms with Crippen molar-refractivity contribution in [2.24, 2.45) is 0 Å². The molecule has 1 aromatic carbocycles. The standard InChI is InChI=1S/C11H8Cl2N2O4/c12-6-2-1-3-7(10(6)13)14-11(19)15-8(16)4-5-9(17)18/h1-5H,(H,17,18)(H2,14,15,16,19)/b5-4+. The highest BCUT2D eigenvalue weighted by molar-refractivity contribution is 6.44. The van der Waals surface area contributed by atoms with E-state index >= 15 is 0 Å². The van der Waals surface area contributed by atoms with E-state index in [4.69, 9.17) is 28.3 Å². The zero-order chi connectivity index (χ0) is 14.4. The van der Waals surface area contributed by atoms with Crippen LogP contribution in [-0.4, -0.2) is 23.0 Å². The third-order valence-electron chi connectivity index (χ3n) is 1.81. The molecular formula is C11H8Cl2N2O4. The highest BCUT2D eigenvalue weighted by Crippen LogP contribution is 2.29. The lowest BCUT2D eigenvalue weighted by atomic mass is 10.3. The van der Waals surface area contributed by atoms with Gasteiger partial charge < -0.3 is 10.4 Å². The van der Waals surface area contributed by atoms with Crippen LogP contribution in [-0.2, 0) is 9.59 Å². The molecule has 0 radical (unpaired) electrons. The second-order valence-corrected chi connectivity index (χ2v) is 4.00. The van der Waals surface area contributed by atoms with E-state index in [0.717, 1.165) is 0 Å². The highest BCUT2D eigenvalue weighted by Gasteiger charge is 2.09. The predicted molar refractivity (Wildman–Crippen MR) is 70.4 cm³/mol. The topological polar surface area (TPSA) is 95.5 Å². The summed E-state index contributed by atoms with van der Waals surface area (Å²) in [4.78, 5) is 32.7. The normalized spacial score (nSPS) is 10.2. The fraction of sp³-hybridized carbons (Fsp3) is 0. The Balaban J connectivity index is 2.63. The molecule has 0 saturated heterocycles. The van der Waals surface area contributed by atoms with E-state index in [-0.39, 0.29) is 15.7 Å². The highest BCUT2D eigenvalue weighted by atomic mass is 35.5. The first-order valence-corrected chi connectivity index (χ1v) is 5.62. The van der Waals surface area contributed by atoms with Gasteiger partial charge in [0.25, 0.3) is 5.91 Å². The van der Waals surface area contributed by atoms with Gasteiger partial charge in [-0.3, -0.25) is 10.1 Å². The number of halogens is 2. The summed E-state index contributed by atoms with van der Waals surface area (Å²) >= 11 is 11.6. The molecule has 0 atom stereocenters. The van der Waals surface area contributed by atoms with Crippen LogP contribution in [0.1, 0.15) is 0 Å². The van der Waals surface area contributed by atoms with Crippen molar-refractivity contribution < 1.29 is 19.5 Å². The van der Waals surface area contributed by atoms with E-state index in [0.29, 0.717) is 12.2 Å². The Bertz CT molecular complexity index is 558. The first kappa shape index (κ1) is 15.0. The SMILES string of the molecule is O=C(O)/C=C/C(=O)NC(=O)Nc1cccc(Cl)c1Cl. The largest absolute Gasteiger partial charge is 0.478 e. The lowest BCUT2D eigenvalue weighted by Crippen LogP contribution is -2.33. The van der Waals surface area contributed by atoms with Crippen molar-refractivity contribution in [2.45, 2.75) is 0 Å². The Kier molecular flexibility index (Phi) is 5.35. The lowest BCUT2D eigenvalue weighted by molar-refractivity contribution is -0.131. The van der Waals surface area contributed by atoms with Gasteiger partial charge in [0.2, 0.25) is 0 Å². The number of carbonyl (C=O) groups excluding carboxylic acids is 2. The number of hydrogen-bond donors (Lipinski definition) is 3. The summed E-state index contributed by atoms with van der Waals surface area (Å²) in [7, 11) is 0. The summed E-state index contributed by atoms with van der Waals surface area (Å²) < 4.78 is 0. The number of anilines is 1. The fourth-order valence-electron chi connectivity index (χ4n) is 1.05. The van der Waals surface area contributed by atoms with Gasteiger partial charge in [0.1, 0.15) is 0 Å². The second kappa shape index (κ2) is 6.77. The summed E-state index contributed by atoms with van der Waals surface area (Å²) in [5, 5.41) is 12.9. The van der Waals surface area contributed by atoms with Crippen molar-refractivity contribution in [1.82, 2.24) is 5.32 Å². The number of carboxylic acid groups (broad SMARTS) is 1. The van der Waals surface area contributed by atoms with E-state index in [2.05, 4.69) is 5.32 Å². The molecule has 1 aromatic rings. The second-order valence-electron chi connectivity index (χ2n) is 3.22. The number of amides is 3. The molecule has 100 valence electrons. The quantitative estimate of drug-likeness (QED) is 0.746. The monoisotopic (exact) mass is 302 g/mol. The maximum atomic E-state index is 11.4. The van der Waals surface area contributed by atoms with Crippen LogP contribution < -0.4 is 10.6 Å². The molecule has 6 nitrogen and oxygen atoms in total. The Labute approximate surface area is 118 Å². The molecule has 0 unspecified atom stereocenters. The lowest BCUT2D eigenvalue weighted by Gasteiger charge is -2.07. The van der Waals surface area contributed by atoms with Crippen molar-refractivity contribution in [1.29, 1.82) is 0 Å². The maximum Gasteiger partial charge on any atom is 0.328 e. The van der Waals surface area contributed by atoms with Gasteiger partial charge in [-0.05, 0) is 12.1 Å². The molecule has 0 aromatic heterocycles. The molecule has 3 amide bonds. The molecule has 0 bridgehead atoms. The fourth-order valence-corrected chi connectivity index (χ4v) is 1.40. The number of aliphatic carboxylic acids is 1. The Morgan fingerprint density at radius 1 is 1.16 bits per heavy atom. The number of carbonyl (C=O) groups is 3. The third-order valence-corrected chi connectivity index (χ3v) is 2.63. The van der Waals surface area contributed by atoms with E-state index in [1.165, 1.54) is 12.1 Å². The number of nitrogens with one attached hydrogen (secondary N) is 2. The average molecular weight is 303 g/mol. The van der Waals surface area contributed by atoms with E-state index in [1.54, 1.807) is 6.07 Å². The minimum Gasteiger partial charge on any atom is -0.478 e. The number of carboxylic acids is 1. The first-order valence-electron chi connectivity index (χ1n) is 4.87. The number of imide groups is 1. The average Bonchev–Trinajstić information content (AvgIpc) is 2.32. The van der Waals surface area contributed by atoms with Crippen LogP contribution in [0.2, 0.25) is 10.0 Å². The zero-order valence-corrected chi connectivity index (χ0v) is 10.8. The molecule has 1 rings (SSSR count). The number of urea groups is 1. The van der Waals surface area contributed by atoms with Crippen molar-refractivity contribution in [2.75, 3.05) is 5.32 Å². The molecular weight excluding hydrogens is 295 g/mol. The van der Waals surface area contributed by atoms with E-state index in [9.17, 15) is 14.4 Å². The number of benzene rings is 1. The van der Waals surface area contributed by atoms with Crippen molar-refractivity contribution >= 4 is 46.8 Å². The molecule has 0 aliphatic rings. The van der Waals surface area contributed by atoms with Gasteiger partial charge in [0.05, 0.1) is 15.7 Å². The minimum atomic E-state index is -1.30. The van der Waals surface area contributed by atoms with Gasteiger partial charge in [-0.2, -0.15) is 0 Å². The minimum absolute atomic E-state index is 0.132. The van der Waals surface area contributed by atoms with Gasteiger partial charge in [-0.25, -0.2) is 9.59 Å². The first-order chi connectivity index (χ1) is 8.90. The summed E-state index contributed by atoms with van der Waals surface area (Å²) in [5.74, 6) is -2.17. The van der Waals surface area contributed by atoms with Crippen LogP contribution in [0.3, 0.4) is 0 Å². The van der Waals surface area contributed by atoms with Gasteiger partial charge in [0, 0.05) is 12.2 Å². The van der Waals surface area contributed by atoms with Crippen molar-refractivity contribution in [3.63, 3.8) is 0 Å². The maximum absolute atomic E-state index is 11.4. The summed E-state index contributed by atoms with van der Waals surface area (Å²) in [6, 6.07) is 3.74. The summed E-state index contributed by atoms with van der Waals surface area (Å²) in [6.45, 7) is 0. The molecule has 0 spiro atoms. The van der Waals surface area contributed by atoms with Crippen LogP contribution in [0, 0.1) is 0 Å². The molecule has 0 saturated carbocycles. The van der Waals surface area contributed by atoms with Gasteiger partial charge in [-0.15, -0.1) is 0 Å². The molecule has 0 aliphatic heterocycles. The Morgan fingerprint density at radius 2 is 1.84 bits per heavy atom. The van der Waals surface area contributed by atoms with Crippen LogP contribution >= 0.6 is 23.2 Å². The van der Waals surface area contributed by atoms with Gasteiger partial charge >= 0.3 is 12.0 Å². The van der Waals surface area contributed by atoms with Crippen molar-refractivity contribution in [3.8, 4) is 0 Å². The Hall–Kier alpha value is -2.05. The molecule has 0 heterocycles. The molecule has 0 fully saturated rings. The van der Waals surface area contributed by atoms with E-state index in [1.807, 2.05) is 5.32 Å². The molecule has 3 N–H and O–H groups in total. The van der Waals surface area contributed by atoms with Gasteiger partial charge in [0.15, 0.2) is 0 Å². The number of rotatable bonds is 3. The molecule has 8 heteroatoms. The van der Waals surface area contributed by atoms with Gasteiger partial charge in [-0.1, -0.05) is 29.3 Å². The predicted octanol–water partition coefficient (Wildman–Crippen LogP) is 2.28. The van der Waals surface area contributed by atoms with Crippen LogP contribution in [0.5, 0.6) is 0 Å². The number of hydrogen-bond acceptors (Lipinski definition) is 3. The Morgan fingerprint density at radius 3 is 2.47 bits per heavy atom. The van der Waals surface area contributed by atoms with Crippen LogP contribution in [0.15, 0.2) is 30.4 Å². The molecule has 0 aliphatic carbocycles. The summed E-state index contributed by atoms with van der Waals surface area (Å²) in [5.41, 5.74) is 0.224. The third kappa shape index (κ3) is 4.99. The smallest absolute Gasteiger partial charge is 0.328 e.